The fourth-order valence-electron chi connectivity index (χ4n) is 2.95. The average molecular weight is 241 g/mol. The average Bonchev–Trinajstić information content (AvgIpc) is 2.76. The van der Waals surface area contributed by atoms with Gasteiger partial charge in [-0.05, 0) is 11.8 Å². The van der Waals surface area contributed by atoms with Crippen LogP contribution >= 0.6 is 0 Å². The van der Waals surface area contributed by atoms with Gasteiger partial charge in [0, 0.05) is 13.1 Å². The van der Waals surface area contributed by atoms with Crippen molar-refractivity contribution in [3.63, 3.8) is 0 Å². The van der Waals surface area contributed by atoms with Crippen LogP contribution in [0.5, 0.6) is 0 Å². The molecule has 7 nitrogen and oxygen atoms in total. The molecule has 1 aliphatic heterocycles. The Morgan fingerprint density at radius 2 is 2.17 bits per heavy atom. The van der Waals surface area contributed by atoms with E-state index in [1.165, 1.54) is 0 Å². The normalized spacial score (nSPS) is 29.3. The van der Waals surface area contributed by atoms with Gasteiger partial charge in [0.1, 0.15) is 5.52 Å². The minimum Gasteiger partial charge on any atom is -0.368 e. The molecule has 4 rings (SSSR count). The molecule has 7 heteroatoms. The summed E-state index contributed by atoms with van der Waals surface area (Å²) in [6.45, 7) is 1.74. The minimum atomic E-state index is 0.234. The molecule has 0 bridgehead atoms. The summed E-state index contributed by atoms with van der Waals surface area (Å²) >= 11 is 0. The van der Waals surface area contributed by atoms with E-state index in [9.17, 15) is 0 Å². The Kier molecular flexibility index (Phi) is 1.66. The summed E-state index contributed by atoms with van der Waals surface area (Å²) in [6, 6.07) is 2.35. The monoisotopic (exact) mass is 241 g/mol. The maximum Gasteiger partial charge on any atom is 0.224 e. The summed E-state index contributed by atoms with van der Waals surface area (Å²) in [6.07, 6.45) is 1.59. The van der Waals surface area contributed by atoms with Gasteiger partial charge in [-0.15, -0.1) is 0 Å². The van der Waals surface area contributed by atoms with Crippen molar-refractivity contribution >= 4 is 22.9 Å². The molecule has 2 aliphatic rings. The molecule has 90 valence electrons. The molecule has 3 atom stereocenters. The van der Waals surface area contributed by atoms with Crippen molar-refractivity contribution in [3.05, 3.63) is 6.33 Å². The summed E-state index contributed by atoms with van der Waals surface area (Å²) < 4.78 is 0. The zero-order chi connectivity index (χ0) is 12.3. The highest BCUT2D eigenvalue weighted by atomic mass is 15.3. The third-order valence-corrected chi connectivity index (χ3v) is 3.93. The molecule has 0 aromatic carbocycles. The van der Waals surface area contributed by atoms with Crippen LogP contribution in [0.25, 0.3) is 11.2 Å². The Labute approximate surface area is 103 Å². The van der Waals surface area contributed by atoms with E-state index in [-0.39, 0.29) is 11.9 Å². The summed E-state index contributed by atoms with van der Waals surface area (Å²) in [5.74, 6) is 2.26. The molecule has 2 fully saturated rings. The molecule has 0 spiro atoms. The number of nitrogens with two attached hydrogens (primary N) is 1. The number of fused-ring (bicyclic) bond motifs is 2. The maximum atomic E-state index is 8.92. The first kappa shape index (κ1) is 9.65. The standard InChI is InChI=1S/C11H11N7/c12-1-5-6-2-18(3-7(5)6)10-8-9(15-4-14-8)16-11(13)17-10/h4-7H,2-3H2,(H3,13,14,15,16,17)/t5?,6-,7+. The van der Waals surface area contributed by atoms with Crippen molar-refractivity contribution in [1.82, 2.24) is 19.9 Å². The number of nitrogens with zero attached hydrogens (tertiary/aromatic N) is 5. The van der Waals surface area contributed by atoms with Gasteiger partial charge in [0.05, 0.1) is 18.3 Å². The van der Waals surface area contributed by atoms with Crippen LogP contribution in [0.4, 0.5) is 11.8 Å². The number of imidazole rings is 1. The molecular weight excluding hydrogens is 230 g/mol. The SMILES string of the molecule is N#CC1[C@H]2CN(c3nc(N)nc4nc[nH]c34)C[C@@H]12. The van der Waals surface area contributed by atoms with Crippen LogP contribution < -0.4 is 10.6 Å². The highest BCUT2D eigenvalue weighted by Crippen LogP contribution is 2.52. The highest BCUT2D eigenvalue weighted by molar-refractivity contribution is 5.84. The third kappa shape index (κ3) is 1.14. The van der Waals surface area contributed by atoms with Gasteiger partial charge >= 0.3 is 0 Å². The van der Waals surface area contributed by atoms with E-state index in [1.54, 1.807) is 6.33 Å². The maximum absolute atomic E-state index is 8.92. The van der Waals surface area contributed by atoms with Gasteiger partial charge in [0.15, 0.2) is 11.5 Å². The highest BCUT2D eigenvalue weighted by Gasteiger charge is 2.56. The van der Waals surface area contributed by atoms with Crippen LogP contribution in [-0.2, 0) is 0 Å². The molecule has 18 heavy (non-hydrogen) atoms. The number of anilines is 2. The van der Waals surface area contributed by atoms with Gasteiger partial charge in [-0.3, -0.25) is 0 Å². The Balaban J connectivity index is 1.72. The third-order valence-electron chi connectivity index (χ3n) is 3.93. The lowest BCUT2D eigenvalue weighted by Gasteiger charge is -2.20. The van der Waals surface area contributed by atoms with E-state index >= 15 is 0 Å². The molecule has 3 N–H and O–H groups in total. The summed E-state index contributed by atoms with van der Waals surface area (Å²) in [7, 11) is 0. The van der Waals surface area contributed by atoms with Crippen molar-refractivity contribution in [1.29, 1.82) is 5.26 Å². The number of aromatic amines is 1. The number of aromatic nitrogens is 4. The predicted molar refractivity (Wildman–Crippen MR) is 64.4 cm³/mol. The zero-order valence-corrected chi connectivity index (χ0v) is 9.54. The van der Waals surface area contributed by atoms with E-state index in [4.69, 9.17) is 11.0 Å². The van der Waals surface area contributed by atoms with Crippen molar-refractivity contribution in [2.45, 2.75) is 0 Å². The second kappa shape index (κ2) is 3.10. The number of hydrogen-bond donors (Lipinski definition) is 2. The Bertz CT molecular complexity index is 658. The number of hydrogen-bond acceptors (Lipinski definition) is 6. The fourth-order valence-corrected chi connectivity index (χ4v) is 2.95. The van der Waals surface area contributed by atoms with E-state index in [1.807, 2.05) is 0 Å². The van der Waals surface area contributed by atoms with E-state index in [0.29, 0.717) is 17.5 Å². The number of H-pyrrole nitrogens is 1. The van der Waals surface area contributed by atoms with Gasteiger partial charge in [-0.2, -0.15) is 15.2 Å². The Morgan fingerprint density at radius 1 is 1.39 bits per heavy atom. The van der Waals surface area contributed by atoms with Gasteiger partial charge in [-0.25, -0.2) is 4.98 Å². The second-order valence-electron chi connectivity index (χ2n) is 4.89. The van der Waals surface area contributed by atoms with Crippen LogP contribution in [0, 0.1) is 29.1 Å². The van der Waals surface area contributed by atoms with Crippen molar-refractivity contribution in [2.24, 2.45) is 17.8 Å². The molecule has 1 saturated heterocycles. The van der Waals surface area contributed by atoms with Gasteiger partial charge in [-0.1, -0.05) is 0 Å². The van der Waals surface area contributed by atoms with Crippen LogP contribution in [0.15, 0.2) is 6.33 Å². The lowest BCUT2D eigenvalue weighted by molar-refractivity contribution is 0.737. The van der Waals surface area contributed by atoms with Crippen LogP contribution in [0.1, 0.15) is 0 Å². The fraction of sp³-hybridized carbons (Fsp3) is 0.455. The smallest absolute Gasteiger partial charge is 0.224 e. The zero-order valence-electron chi connectivity index (χ0n) is 9.54. The number of nitrogens with one attached hydrogen (secondary N) is 1. The lowest BCUT2D eigenvalue weighted by Crippen LogP contribution is -2.25. The second-order valence-corrected chi connectivity index (χ2v) is 4.89. The lowest BCUT2D eigenvalue weighted by atomic mass is 10.3. The molecule has 1 aliphatic carbocycles. The van der Waals surface area contributed by atoms with Crippen molar-refractivity contribution in [3.8, 4) is 6.07 Å². The number of nitriles is 1. The summed E-state index contributed by atoms with van der Waals surface area (Å²) in [4.78, 5) is 17.7. The largest absolute Gasteiger partial charge is 0.368 e. The molecule has 3 heterocycles. The molecular formula is C11H11N7. The first-order chi connectivity index (χ1) is 8.78. The predicted octanol–water partition coefficient (Wildman–Crippen LogP) is 0.141. The van der Waals surface area contributed by atoms with Crippen LogP contribution in [0.3, 0.4) is 0 Å². The number of rotatable bonds is 1. The molecule has 1 saturated carbocycles. The quantitative estimate of drug-likeness (QED) is 0.735. The summed E-state index contributed by atoms with van der Waals surface area (Å²) in [5.41, 5.74) is 7.11. The molecule has 1 unspecified atom stereocenters. The van der Waals surface area contributed by atoms with Gasteiger partial charge in [0.25, 0.3) is 0 Å². The molecule has 0 radical (unpaired) electrons. The van der Waals surface area contributed by atoms with E-state index in [0.717, 1.165) is 24.4 Å². The first-order valence-electron chi connectivity index (χ1n) is 5.89. The first-order valence-corrected chi connectivity index (χ1v) is 5.89. The molecule has 2 aromatic rings. The Hall–Kier alpha value is -2.36. The van der Waals surface area contributed by atoms with Crippen LogP contribution in [-0.4, -0.2) is 33.0 Å². The van der Waals surface area contributed by atoms with E-state index < -0.39 is 0 Å². The van der Waals surface area contributed by atoms with Gasteiger partial charge in [0.2, 0.25) is 5.95 Å². The molecule has 2 aromatic heterocycles. The Morgan fingerprint density at radius 3 is 2.89 bits per heavy atom. The topological polar surface area (TPSA) is 108 Å². The van der Waals surface area contributed by atoms with Gasteiger partial charge < -0.3 is 15.6 Å². The van der Waals surface area contributed by atoms with Crippen LogP contribution in [0.2, 0.25) is 0 Å². The van der Waals surface area contributed by atoms with E-state index in [2.05, 4.69) is 30.9 Å². The van der Waals surface area contributed by atoms with Crippen molar-refractivity contribution < 1.29 is 0 Å². The number of nitrogen functional groups attached to an aromatic ring is 1. The number of piperidine rings is 1. The minimum absolute atomic E-state index is 0.234. The molecule has 0 amide bonds. The van der Waals surface area contributed by atoms with Crippen molar-refractivity contribution in [2.75, 3.05) is 23.7 Å². The summed E-state index contributed by atoms with van der Waals surface area (Å²) in [5, 5.41) is 8.92.